The molecule has 0 unspecified atom stereocenters. The molecule has 0 saturated heterocycles. The largest absolute Gasteiger partial charge is 0.306 e. The Bertz CT molecular complexity index is 334. The Morgan fingerprint density at radius 3 is 2.56 bits per heavy atom. The van der Waals surface area contributed by atoms with E-state index in [2.05, 4.69) is 56.1 Å². The van der Waals surface area contributed by atoms with Crippen molar-refractivity contribution in [3.05, 3.63) is 60.2 Å². The summed E-state index contributed by atoms with van der Waals surface area (Å²) in [7, 11) is 0. The summed E-state index contributed by atoms with van der Waals surface area (Å²) < 4.78 is 0. The topological polar surface area (TPSA) is 12.0 Å². The van der Waals surface area contributed by atoms with Gasteiger partial charge in [0.25, 0.3) is 0 Å². The number of rotatable bonds is 6. The van der Waals surface area contributed by atoms with Crippen LogP contribution in [0.15, 0.2) is 54.6 Å². The van der Waals surface area contributed by atoms with E-state index in [4.69, 9.17) is 0 Å². The predicted molar refractivity (Wildman–Crippen MR) is 71.3 cm³/mol. The zero-order chi connectivity index (χ0) is 11.8. The highest BCUT2D eigenvalue weighted by Crippen LogP contribution is 2.03. The van der Waals surface area contributed by atoms with Crippen LogP contribution in [0.2, 0.25) is 0 Å². The van der Waals surface area contributed by atoms with Gasteiger partial charge in [-0.25, -0.2) is 0 Å². The van der Waals surface area contributed by atoms with Gasteiger partial charge in [0.05, 0.1) is 0 Å². The van der Waals surface area contributed by atoms with Crippen LogP contribution >= 0.6 is 0 Å². The molecule has 86 valence electrons. The summed E-state index contributed by atoms with van der Waals surface area (Å²) >= 11 is 0. The van der Waals surface area contributed by atoms with E-state index in [1.807, 2.05) is 12.1 Å². The lowest BCUT2D eigenvalue weighted by Gasteiger charge is -2.14. The van der Waals surface area contributed by atoms with Crippen molar-refractivity contribution >= 4 is 0 Å². The summed E-state index contributed by atoms with van der Waals surface area (Å²) in [6, 6.07) is 10.9. The molecular weight excluding hydrogens is 194 g/mol. The number of nitrogens with one attached hydrogen (secondary N) is 1. The Kier molecular flexibility index (Phi) is 5.58. The molecule has 16 heavy (non-hydrogen) atoms. The third-order valence-electron chi connectivity index (χ3n) is 2.37. The SMILES string of the molecule is C=CC[C@H](C=C(C)C)NCc1ccccc1. The van der Waals surface area contributed by atoms with Crippen molar-refractivity contribution in [1.29, 1.82) is 0 Å². The number of hydrogen-bond acceptors (Lipinski definition) is 1. The average Bonchev–Trinajstić information content (AvgIpc) is 2.27. The second kappa shape index (κ2) is 7.02. The zero-order valence-corrected chi connectivity index (χ0v) is 10.2. The van der Waals surface area contributed by atoms with Crippen LogP contribution in [0.25, 0.3) is 0 Å². The van der Waals surface area contributed by atoms with Crippen molar-refractivity contribution in [1.82, 2.24) is 5.32 Å². The standard InChI is InChI=1S/C15H21N/c1-4-8-15(11-13(2)3)16-12-14-9-6-5-7-10-14/h4-7,9-11,15-16H,1,8,12H2,2-3H3/t15-/m1/s1. The molecule has 1 heteroatoms. The quantitative estimate of drug-likeness (QED) is 0.714. The molecule has 1 nitrogen and oxygen atoms in total. The molecule has 0 spiro atoms. The molecule has 0 aliphatic rings. The van der Waals surface area contributed by atoms with Crippen molar-refractivity contribution in [2.75, 3.05) is 0 Å². The molecule has 0 aromatic heterocycles. The van der Waals surface area contributed by atoms with Crippen LogP contribution in [0.3, 0.4) is 0 Å². The van der Waals surface area contributed by atoms with Crippen LogP contribution < -0.4 is 5.32 Å². The van der Waals surface area contributed by atoms with Gasteiger partial charge in [-0.3, -0.25) is 0 Å². The molecule has 0 aliphatic heterocycles. The van der Waals surface area contributed by atoms with Crippen LogP contribution in [0.1, 0.15) is 25.8 Å². The van der Waals surface area contributed by atoms with Gasteiger partial charge in [0.15, 0.2) is 0 Å². The van der Waals surface area contributed by atoms with Crippen LogP contribution in [-0.4, -0.2) is 6.04 Å². The fourth-order valence-corrected chi connectivity index (χ4v) is 1.64. The molecule has 1 N–H and O–H groups in total. The predicted octanol–water partition coefficient (Wildman–Crippen LogP) is 3.69. The van der Waals surface area contributed by atoms with Gasteiger partial charge in [-0.15, -0.1) is 6.58 Å². The maximum Gasteiger partial charge on any atom is 0.0290 e. The number of benzene rings is 1. The number of allylic oxidation sites excluding steroid dienone is 1. The summed E-state index contributed by atoms with van der Waals surface area (Å²) in [6.45, 7) is 8.95. The van der Waals surface area contributed by atoms with Gasteiger partial charge in [-0.1, -0.05) is 48.1 Å². The van der Waals surface area contributed by atoms with Crippen molar-refractivity contribution in [3.63, 3.8) is 0 Å². The van der Waals surface area contributed by atoms with Crippen molar-refractivity contribution < 1.29 is 0 Å². The lowest BCUT2D eigenvalue weighted by molar-refractivity contribution is 0.595. The molecule has 0 fully saturated rings. The van der Waals surface area contributed by atoms with E-state index in [-0.39, 0.29) is 0 Å². The Labute approximate surface area is 98.9 Å². The van der Waals surface area contributed by atoms with Crippen molar-refractivity contribution in [3.8, 4) is 0 Å². The van der Waals surface area contributed by atoms with Gasteiger partial charge in [0.1, 0.15) is 0 Å². The third-order valence-corrected chi connectivity index (χ3v) is 2.37. The highest BCUT2D eigenvalue weighted by Gasteiger charge is 2.02. The van der Waals surface area contributed by atoms with E-state index in [9.17, 15) is 0 Å². The first-order valence-corrected chi connectivity index (χ1v) is 5.75. The van der Waals surface area contributed by atoms with E-state index in [0.29, 0.717) is 6.04 Å². The summed E-state index contributed by atoms with van der Waals surface area (Å²) in [5.74, 6) is 0. The van der Waals surface area contributed by atoms with Crippen molar-refractivity contribution in [2.24, 2.45) is 0 Å². The Morgan fingerprint density at radius 2 is 2.00 bits per heavy atom. The second-order valence-electron chi connectivity index (χ2n) is 4.24. The van der Waals surface area contributed by atoms with Crippen LogP contribution in [-0.2, 0) is 6.54 Å². The molecule has 1 aromatic rings. The van der Waals surface area contributed by atoms with E-state index < -0.39 is 0 Å². The fourth-order valence-electron chi connectivity index (χ4n) is 1.64. The molecule has 0 radical (unpaired) electrons. The molecule has 1 aromatic carbocycles. The third kappa shape index (κ3) is 4.94. The van der Waals surface area contributed by atoms with Gasteiger partial charge in [0.2, 0.25) is 0 Å². The maximum atomic E-state index is 3.79. The van der Waals surface area contributed by atoms with E-state index in [0.717, 1.165) is 13.0 Å². The Balaban J connectivity index is 2.50. The van der Waals surface area contributed by atoms with Crippen molar-refractivity contribution in [2.45, 2.75) is 32.9 Å². The molecule has 0 heterocycles. The molecular formula is C15H21N. The summed E-state index contributed by atoms with van der Waals surface area (Å²) in [4.78, 5) is 0. The van der Waals surface area contributed by atoms with Gasteiger partial charge in [0, 0.05) is 12.6 Å². The molecule has 0 amide bonds. The Morgan fingerprint density at radius 1 is 1.31 bits per heavy atom. The monoisotopic (exact) mass is 215 g/mol. The maximum absolute atomic E-state index is 3.79. The van der Waals surface area contributed by atoms with Crippen LogP contribution in [0.5, 0.6) is 0 Å². The van der Waals surface area contributed by atoms with Gasteiger partial charge in [-0.2, -0.15) is 0 Å². The van der Waals surface area contributed by atoms with E-state index >= 15 is 0 Å². The lowest BCUT2D eigenvalue weighted by Crippen LogP contribution is -2.26. The lowest BCUT2D eigenvalue weighted by atomic mass is 10.1. The first-order chi connectivity index (χ1) is 7.72. The smallest absolute Gasteiger partial charge is 0.0290 e. The summed E-state index contributed by atoms with van der Waals surface area (Å²) in [5, 5.41) is 3.52. The highest BCUT2D eigenvalue weighted by molar-refractivity contribution is 5.15. The molecule has 1 rings (SSSR count). The minimum absolute atomic E-state index is 0.391. The second-order valence-corrected chi connectivity index (χ2v) is 4.24. The van der Waals surface area contributed by atoms with Crippen LogP contribution in [0.4, 0.5) is 0 Å². The molecule has 0 aliphatic carbocycles. The van der Waals surface area contributed by atoms with Gasteiger partial charge < -0.3 is 5.32 Å². The Hall–Kier alpha value is -1.34. The highest BCUT2D eigenvalue weighted by atomic mass is 14.9. The molecule has 1 atom stereocenters. The summed E-state index contributed by atoms with van der Waals surface area (Å²) in [5.41, 5.74) is 2.66. The first kappa shape index (κ1) is 12.7. The van der Waals surface area contributed by atoms with Gasteiger partial charge in [-0.05, 0) is 25.8 Å². The summed E-state index contributed by atoms with van der Waals surface area (Å²) in [6.07, 6.45) is 5.19. The van der Waals surface area contributed by atoms with Gasteiger partial charge >= 0.3 is 0 Å². The minimum Gasteiger partial charge on any atom is -0.306 e. The normalized spacial score (nSPS) is 11.9. The van der Waals surface area contributed by atoms with Crippen LogP contribution in [0, 0.1) is 0 Å². The molecule has 0 bridgehead atoms. The zero-order valence-electron chi connectivity index (χ0n) is 10.2. The minimum atomic E-state index is 0.391. The molecule has 0 saturated carbocycles. The fraction of sp³-hybridized carbons (Fsp3) is 0.333. The average molecular weight is 215 g/mol. The first-order valence-electron chi connectivity index (χ1n) is 5.75. The van der Waals surface area contributed by atoms with E-state index in [1.54, 1.807) is 0 Å². The van der Waals surface area contributed by atoms with E-state index in [1.165, 1.54) is 11.1 Å². The number of hydrogen-bond donors (Lipinski definition) is 1.